The van der Waals surface area contributed by atoms with Gasteiger partial charge in [0.05, 0.1) is 12.6 Å². The summed E-state index contributed by atoms with van der Waals surface area (Å²) in [5.41, 5.74) is 1.47. The van der Waals surface area contributed by atoms with Gasteiger partial charge in [0.25, 0.3) is 0 Å². The maximum Gasteiger partial charge on any atom is 0.407 e. The van der Waals surface area contributed by atoms with Gasteiger partial charge in [-0.15, -0.1) is 0 Å². The van der Waals surface area contributed by atoms with Crippen LogP contribution in [-0.2, 0) is 11.3 Å². The quantitative estimate of drug-likeness (QED) is 0.897. The van der Waals surface area contributed by atoms with Gasteiger partial charge in [0, 0.05) is 24.3 Å². The van der Waals surface area contributed by atoms with Crippen LogP contribution in [0.15, 0.2) is 24.3 Å². The summed E-state index contributed by atoms with van der Waals surface area (Å²) in [7, 11) is 0. The first kappa shape index (κ1) is 15.6. The number of amides is 1. The monoisotopic (exact) mass is 292 g/mol. The van der Waals surface area contributed by atoms with E-state index in [1.54, 1.807) is 0 Å². The molecule has 1 saturated heterocycles. The molecule has 1 fully saturated rings. The zero-order chi connectivity index (χ0) is 15.5. The van der Waals surface area contributed by atoms with E-state index in [0.717, 1.165) is 30.8 Å². The van der Waals surface area contributed by atoms with E-state index < -0.39 is 5.60 Å². The third-order valence-corrected chi connectivity index (χ3v) is 3.41. The van der Waals surface area contributed by atoms with E-state index in [1.165, 1.54) is 0 Å². The van der Waals surface area contributed by atoms with Crippen LogP contribution in [-0.4, -0.2) is 35.9 Å². The molecule has 1 amide bonds. The molecule has 0 aromatic heterocycles. The van der Waals surface area contributed by atoms with Gasteiger partial charge in [-0.3, -0.25) is 0 Å². The smallest absolute Gasteiger partial charge is 0.407 e. The number of rotatable bonds is 3. The average molecular weight is 292 g/mol. The predicted octanol–water partition coefficient (Wildman–Crippen LogP) is 2.28. The Morgan fingerprint density at radius 3 is 2.81 bits per heavy atom. The molecule has 5 heteroatoms. The van der Waals surface area contributed by atoms with Crippen LogP contribution in [0, 0.1) is 0 Å². The van der Waals surface area contributed by atoms with E-state index in [1.807, 2.05) is 45.0 Å². The SMILES string of the molecule is CC(C)(C)OC(=O)NC1CCN(c2ccccc2CO)C1. The third-order valence-electron chi connectivity index (χ3n) is 3.41. The number of para-hydroxylation sites is 1. The van der Waals surface area contributed by atoms with Crippen molar-refractivity contribution in [1.29, 1.82) is 0 Å². The Morgan fingerprint density at radius 2 is 2.14 bits per heavy atom. The standard InChI is InChI=1S/C16H24N2O3/c1-16(2,3)21-15(20)17-13-8-9-18(10-13)14-7-5-4-6-12(14)11-19/h4-7,13,19H,8-11H2,1-3H3,(H,17,20). The Bertz CT molecular complexity index is 497. The molecular formula is C16H24N2O3. The van der Waals surface area contributed by atoms with Gasteiger partial charge in [-0.05, 0) is 33.3 Å². The number of carbonyl (C=O) groups excluding carboxylic acids is 1. The second-order valence-electron chi connectivity index (χ2n) is 6.36. The van der Waals surface area contributed by atoms with Gasteiger partial charge in [0.15, 0.2) is 0 Å². The maximum atomic E-state index is 11.8. The van der Waals surface area contributed by atoms with Gasteiger partial charge in [0.2, 0.25) is 0 Å². The molecule has 0 spiro atoms. The lowest BCUT2D eigenvalue weighted by atomic mass is 10.2. The number of carbonyl (C=O) groups is 1. The van der Waals surface area contributed by atoms with E-state index >= 15 is 0 Å². The molecule has 0 aliphatic carbocycles. The Hall–Kier alpha value is -1.75. The summed E-state index contributed by atoms with van der Waals surface area (Å²) in [5, 5.41) is 12.3. The molecule has 2 N–H and O–H groups in total. The van der Waals surface area contributed by atoms with Crippen LogP contribution in [0.3, 0.4) is 0 Å². The molecule has 1 aromatic rings. The predicted molar refractivity (Wildman–Crippen MR) is 82.4 cm³/mol. The van der Waals surface area contributed by atoms with Crippen molar-refractivity contribution in [3.8, 4) is 0 Å². The fourth-order valence-corrected chi connectivity index (χ4v) is 2.52. The molecule has 1 aliphatic rings. The zero-order valence-electron chi connectivity index (χ0n) is 12.9. The minimum atomic E-state index is -0.480. The molecule has 21 heavy (non-hydrogen) atoms. The molecule has 1 aliphatic heterocycles. The van der Waals surface area contributed by atoms with Crippen molar-refractivity contribution in [2.75, 3.05) is 18.0 Å². The average Bonchev–Trinajstić information content (AvgIpc) is 2.84. The second-order valence-corrected chi connectivity index (χ2v) is 6.36. The van der Waals surface area contributed by atoms with Crippen LogP contribution in [0.4, 0.5) is 10.5 Å². The van der Waals surface area contributed by atoms with E-state index in [-0.39, 0.29) is 18.7 Å². The van der Waals surface area contributed by atoms with Gasteiger partial charge < -0.3 is 20.1 Å². The lowest BCUT2D eigenvalue weighted by Gasteiger charge is -2.23. The summed E-state index contributed by atoms with van der Waals surface area (Å²) in [6, 6.07) is 7.88. The Labute approximate surface area is 125 Å². The van der Waals surface area contributed by atoms with Crippen molar-refractivity contribution < 1.29 is 14.6 Å². The summed E-state index contributed by atoms with van der Waals surface area (Å²) in [6.07, 6.45) is 0.503. The number of hydrogen-bond acceptors (Lipinski definition) is 4. The molecule has 0 saturated carbocycles. The van der Waals surface area contributed by atoms with E-state index in [9.17, 15) is 9.90 Å². The highest BCUT2D eigenvalue weighted by Crippen LogP contribution is 2.24. The molecule has 0 bridgehead atoms. The zero-order valence-corrected chi connectivity index (χ0v) is 12.9. The van der Waals surface area contributed by atoms with Gasteiger partial charge in [0.1, 0.15) is 5.60 Å². The van der Waals surface area contributed by atoms with Crippen LogP contribution >= 0.6 is 0 Å². The fourth-order valence-electron chi connectivity index (χ4n) is 2.52. The van der Waals surface area contributed by atoms with Crippen LogP contribution in [0.2, 0.25) is 0 Å². The van der Waals surface area contributed by atoms with Gasteiger partial charge in [-0.25, -0.2) is 4.79 Å². The Morgan fingerprint density at radius 1 is 1.43 bits per heavy atom. The normalized spacial score (nSPS) is 18.7. The molecule has 0 radical (unpaired) electrons. The number of nitrogens with zero attached hydrogens (tertiary/aromatic N) is 1. The number of aliphatic hydroxyl groups excluding tert-OH is 1. The first-order valence-corrected chi connectivity index (χ1v) is 7.32. The lowest BCUT2D eigenvalue weighted by Crippen LogP contribution is -2.40. The number of alkyl carbamates (subject to hydrolysis) is 1. The number of aliphatic hydroxyl groups is 1. The summed E-state index contributed by atoms with van der Waals surface area (Å²) in [5.74, 6) is 0. The van der Waals surface area contributed by atoms with Gasteiger partial charge >= 0.3 is 6.09 Å². The van der Waals surface area contributed by atoms with Crippen molar-refractivity contribution in [2.24, 2.45) is 0 Å². The molecule has 1 heterocycles. The minimum Gasteiger partial charge on any atom is -0.444 e. The third kappa shape index (κ3) is 4.36. The van der Waals surface area contributed by atoms with Crippen molar-refractivity contribution >= 4 is 11.8 Å². The summed E-state index contributed by atoms with van der Waals surface area (Å²) < 4.78 is 5.28. The lowest BCUT2D eigenvalue weighted by molar-refractivity contribution is 0.0509. The van der Waals surface area contributed by atoms with Crippen molar-refractivity contribution in [3.05, 3.63) is 29.8 Å². The summed E-state index contributed by atoms with van der Waals surface area (Å²) in [6.45, 7) is 7.17. The number of ether oxygens (including phenoxy) is 1. The number of nitrogens with one attached hydrogen (secondary N) is 1. The van der Waals surface area contributed by atoms with E-state index in [0.29, 0.717) is 0 Å². The molecular weight excluding hydrogens is 268 g/mol. The van der Waals surface area contributed by atoms with E-state index in [2.05, 4.69) is 10.2 Å². The molecule has 5 nitrogen and oxygen atoms in total. The van der Waals surface area contributed by atoms with Crippen LogP contribution < -0.4 is 10.2 Å². The topological polar surface area (TPSA) is 61.8 Å². The molecule has 1 aromatic carbocycles. The molecule has 2 rings (SSSR count). The van der Waals surface area contributed by atoms with Crippen molar-refractivity contribution in [3.63, 3.8) is 0 Å². The van der Waals surface area contributed by atoms with Crippen molar-refractivity contribution in [2.45, 2.75) is 45.4 Å². The number of anilines is 1. The Balaban J connectivity index is 1.93. The highest BCUT2D eigenvalue weighted by molar-refractivity contribution is 5.68. The molecule has 1 unspecified atom stereocenters. The van der Waals surface area contributed by atoms with Crippen LogP contribution in [0.1, 0.15) is 32.8 Å². The van der Waals surface area contributed by atoms with Gasteiger partial charge in [-0.2, -0.15) is 0 Å². The molecule has 116 valence electrons. The van der Waals surface area contributed by atoms with Crippen molar-refractivity contribution in [1.82, 2.24) is 5.32 Å². The summed E-state index contributed by atoms with van der Waals surface area (Å²) >= 11 is 0. The molecule has 1 atom stereocenters. The minimum absolute atomic E-state index is 0.0246. The summed E-state index contributed by atoms with van der Waals surface area (Å²) in [4.78, 5) is 14.0. The first-order chi connectivity index (χ1) is 9.89. The van der Waals surface area contributed by atoms with Gasteiger partial charge in [-0.1, -0.05) is 18.2 Å². The first-order valence-electron chi connectivity index (χ1n) is 7.32. The highest BCUT2D eigenvalue weighted by Gasteiger charge is 2.27. The van der Waals surface area contributed by atoms with Crippen LogP contribution in [0.25, 0.3) is 0 Å². The van der Waals surface area contributed by atoms with Crippen LogP contribution in [0.5, 0.6) is 0 Å². The Kier molecular flexibility index (Phi) is 4.73. The number of hydrogen-bond donors (Lipinski definition) is 2. The fraction of sp³-hybridized carbons (Fsp3) is 0.562. The number of benzene rings is 1. The highest BCUT2D eigenvalue weighted by atomic mass is 16.6. The largest absolute Gasteiger partial charge is 0.444 e. The van der Waals surface area contributed by atoms with E-state index in [4.69, 9.17) is 4.74 Å². The maximum absolute atomic E-state index is 11.8. The second kappa shape index (κ2) is 6.35.